The largest absolute Gasteiger partial charge is 0.468 e. The van der Waals surface area contributed by atoms with Crippen molar-refractivity contribution >= 4 is 17.7 Å². The van der Waals surface area contributed by atoms with Crippen LogP contribution in [-0.2, 0) is 20.9 Å². The smallest absolute Gasteiger partial charge is 0.381 e. The van der Waals surface area contributed by atoms with Gasteiger partial charge in [0.25, 0.3) is 0 Å². The first-order valence-corrected chi connectivity index (χ1v) is 5.02. The fraction of sp³-hybridized carbons (Fsp3) is 0.444. The Labute approximate surface area is 102 Å². The summed E-state index contributed by atoms with van der Waals surface area (Å²) in [5.41, 5.74) is 0. The predicted octanol–water partition coefficient (Wildman–Crippen LogP) is -0.529. The lowest BCUT2D eigenvalue weighted by molar-refractivity contribution is -0.389. The number of hydrogen-bond acceptors (Lipinski definition) is 6. The van der Waals surface area contributed by atoms with Gasteiger partial charge >= 0.3 is 11.8 Å². The summed E-state index contributed by atoms with van der Waals surface area (Å²) in [4.78, 5) is 35.3. The maximum absolute atomic E-state index is 11.3. The van der Waals surface area contributed by atoms with E-state index in [0.29, 0.717) is 0 Å². The van der Waals surface area contributed by atoms with Gasteiger partial charge in [-0.3, -0.25) is 9.59 Å². The van der Waals surface area contributed by atoms with E-state index in [2.05, 4.69) is 15.0 Å². The molecule has 1 N–H and O–H groups in total. The van der Waals surface area contributed by atoms with E-state index < -0.39 is 10.9 Å². The van der Waals surface area contributed by atoms with E-state index >= 15 is 0 Å². The maximum Gasteiger partial charge on any atom is 0.381 e. The van der Waals surface area contributed by atoms with Crippen molar-refractivity contribution < 1.29 is 19.2 Å². The Morgan fingerprint density at radius 1 is 1.61 bits per heavy atom. The SMILES string of the molecule is COC(=O)CNC(=O)CCn1cnc([N+](=O)[O-])c1. The molecular formula is C9H12N4O5. The standard InChI is InChI=1S/C9H12N4O5/c1-18-9(15)4-10-8(14)2-3-12-5-7(11-6-12)13(16)17/h5-6H,2-4H2,1H3,(H,10,14). The van der Waals surface area contributed by atoms with Crippen LogP contribution in [0.4, 0.5) is 5.82 Å². The third-order valence-electron chi connectivity index (χ3n) is 2.06. The van der Waals surface area contributed by atoms with Gasteiger partial charge in [-0.05, 0) is 9.91 Å². The Hall–Kier alpha value is -2.45. The highest BCUT2D eigenvalue weighted by Crippen LogP contribution is 2.05. The summed E-state index contributed by atoms with van der Waals surface area (Å²) in [7, 11) is 1.22. The first-order valence-electron chi connectivity index (χ1n) is 5.02. The Morgan fingerprint density at radius 3 is 2.89 bits per heavy atom. The van der Waals surface area contributed by atoms with E-state index in [-0.39, 0.29) is 31.2 Å². The average molecular weight is 256 g/mol. The summed E-state index contributed by atoms with van der Waals surface area (Å²) in [5, 5.41) is 12.7. The van der Waals surface area contributed by atoms with Crippen LogP contribution in [0, 0.1) is 10.1 Å². The Bertz CT molecular complexity index is 456. The number of nitro groups is 1. The van der Waals surface area contributed by atoms with Crippen molar-refractivity contribution in [3.8, 4) is 0 Å². The van der Waals surface area contributed by atoms with Crippen LogP contribution in [0.1, 0.15) is 6.42 Å². The Morgan fingerprint density at radius 2 is 2.33 bits per heavy atom. The number of rotatable bonds is 6. The highest BCUT2D eigenvalue weighted by atomic mass is 16.6. The van der Waals surface area contributed by atoms with Gasteiger partial charge in [-0.25, -0.2) is 0 Å². The zero-order valence-corrected chi connectivity index (χ0v) is 9.66. The Kier molecular flexibility index (Phi) is 4.78. The molecule has 9 nitrogen and oxygen atoms in total. The lowest BCUT2D eigenvalue weighted by atomic mass is 10.4. The average Bonchev–Trinajstić information content (AvgIpc) is 2.82. The molecule has 0 aliphatic carbocycles. The van der Waals surface area contributed by atoms with E-state index in [1.165, 1.54) is 24.2 Å². The van der Waals surface area contributed by atoms with Gasteiger partial charge in [0.15, 0.2) is 0 Å². The van der Waals surface area contributed by atoms with Gasteiger partial charge < -0.3 is 24.7 Å². The van der Waals surface area contributed by atoms with Gasteiger partial charge in [0.1, 0.15) is 12.7 Å². The van der Waals surface area contributed by atoms with Crippen LogP contribution in [-0.4, -0.2) is 40.0 Å². The molecule has 0 aliphatic rings. The second kappa shape index (κ2) is 6.33. The second-order valence-corrected chi connectivity index (χ2v) is 3.33. The van der Waals surface area contributed by atoms with E-state index in [1.54, 1.807) is 0 Å². The minimum atomic E-state index is -0.617. The summed E-state index contributed by atoms with van der Waals surface area (Å²) < 4.78 is 5.78. The van der Waals surface area contributed by atoms with Crippen molar-refractivity contribution in [3.05, 3.63) is 22.6 Å². The third-order valence-corrected chi connectivity index (χ3v) is 2.06. The molecular weight excluding hydrogens is 244 g/mol. The highest BCUT2D eigenvalue weighted by molar-refractivity contribution is 5.81. The number of ether oxygens (including phenoxy) is 1. The Balaban J connectivity index is 2.33. The molecule has 1 heterocycles. The quantitative estimate of drug-likeness (QED) is 0.415. The zero-order valence-electron chi connectivity index (χ0n) is 9.66. The molecule has 1 amide bonds. The molecule has 1 rings (SSSR count). The number of hydrogen-bond donors (Lipinski definition) is 1. The number of carbonyl (C=O) groups excluding carboxylic acids is 2. The first kappa shape index (κ1) is 13.6. The van der Waals surface area contributed by atoms with Crippen molar-refractivity contribution in [2.75, 3.05) is 13.7 Å². The normalized spacial score (nSPS) is 9.83. The van der Waals surface area contributed by atoms with Gasteiger partial charge in [0, 0.05) is 13.0 Å². The van der Waals surface area contributed by atoms with Crippen molar-refractivity contribution in [2.45, 2.75) is 13.0 Å². The minimum Gasteiger partial charge on any atom is -0.468 e. The van der Waals surface area contributed by atoms with Gasteiger partial charge in [0.05, 0.1) is 7.11 Å². The number of aromatic nitrogens is 2. The monoisotopic (exact) mass is 256 g/mol. The van der Waals surface area contributed by atoms with Gasteiger partial charge in [-0.15, -0.1) is 0 Å². The predicted molar refractivity (Wildman–Crippen MR) is 58.5 cm³/mol. The topological polar surface area (TPSA) is 116 Å². The minimum absolute atomic E-state index is 0.0878. The first-order chi connectivity index (χ1) is 8.52. The molecule has 0 saturated carbocycles. The van der Waals surface area contributed by atoms with Crippen LogP contribution in [0.2, 0.25) is 0 Å². The molecule has 0 atom stereocenters. The van der Waals surface area contributed by atoms with Crippen LogP contribution in [0.5, 0.6) is 0 Å². The van der Waals surface area contributed by atoms with Crippen LogP contribution in [0.15, 0.2) is 12.5 Å². The molecule has 0 saturated heterocycles. The van der Waals surface area contributed by atoms with E-state index in [1.807, 2.05) is 0 Å². The second-order valence-electron chi connectivity index (χ2n) is 3.33. The molecule has 18 heavy (non-hydrogen) atoms. The number of aryl methyl sites for hydroxylation is 1. The molecule has 0 spiro atoms. The molecule has 0 aliphatic heterocycles. The van der Waals surface area contributed by atoms with Crippen LogP contribution < -0.4 is 5.32 Å². The number of methoxy groups -OCH3 is 1. The summed E-state index contributed by atoms with van der Waals surface area (Å²) in [5.74, 6) is -1.16. The molecule has 9 heteroatoms. The number of carbonyl (C=O) groups is 2. The summed E-state index contributed by atoms with van der Waals surface area (Å²) in [6, 6.07) is 0. The van der Waals surface area contributed by atoms with Crippen LogP contribution >= 0.6 is 0 Å². The van der Waals surface area contributed by atoms with Gasteiger partial charge in [0.2, 0.25) is 12.2 Å². The van der Waals surface area contributed by atoms with Crippen molar-refractivity contribution in [1.82, 2.24) is 14.9 Å². The molecule has 0 aromatic carbocycles. The highest BCUT2D eigenvalue weighted by Gasteiger charge is 2.11. The lowest BCUT2D eigenvalue weighted by Crippen LogP contribution is -2.30. The number of nitrogens with zero attached hydrogens (tertiary/aromatic N) is 3. The van der Waals surface area contributed by atoms with E-state index in [9.17, 15) is 19.7 Å². The fourth-order valence-electron chi connectivity index (χ4n) is 1.13. The summed E-state index contributed by atoms with van der Waals surface area (Å²) in [6.45, 7) is 0.0489. The number of imidazole rings is 1. The zero-order chi connectivity index (χ0) is 13.5. The van der Waals surface area contributed by atoms with Crippen molar-refractivity contribution in [1.29, 1.82) is 0 Å². The number of amides is 1. The van der Waals surface area contributed by atoms with Gasteiger partial charge in [-0.2, -0.15) is 0 Å². The lowest BCUT2D eigenvalue weighted by Gasteiger charge is -2.03. The molecule has 0 bridgehead atoms. The van der Waals surface area contributed by atoms with Crippen molar-refractivity contribution in [2.24, 2.45) is 0 Å². The van der Waals surface area contributed by atoms with E-state index in [4.69, 9.17) is 0 Å². The molecule has 98 valence electrons. The molecule has 1 aromatic rings. The summed E-state index contributed by atoms with van der Waals surface area (Å²) in [6.07, 6.45) is 2.59. The molecule has 1 aromatic heterocycles. The van der Waals surface area contributed by atoms with Crippen molar-refractivity contribution in [3.63, 3.8) is 0 Å². The van der Waals surface area contributed by atoms with E-state index in [0.717, 1.165) is 0 Å². The number of nitrogens with one attached hydrogen (secondary N) is 1. The molecule has 0 fully saturated rings. The molecule has 0 unspecified atom stereocenters. The third kappa shape index (κ3) is 4.20. The fourth-order valence-corrected chi connectivity index (χ4v) is 1.13. The maximum atomic E-state index is 11.3. The van der Waals surface area contributed by atoms with Crippen LogP contribution in [0.25, 0.3) is 0 Å². The number of esters is 1. The van der Waals surface area contributed by atoms with Crippen LogP contribution in [0.3, 0.4) is 0 Å². The summed E-state index contributed by atoms with van der Waals surface area (Å²) >= 11 is 0. The molecule has 0 radical (unpaired) electrons. The van der Waals surface area contributed by atoms with Gasteiger partial charge in [-0.1, -0.05) is 0 Å².